The first-order valence-corrected chi connectivity index (χ1v) is 9.09. The summed E-state index contributed by atoms with van der Waals surface area (Å²) in [6.45, 7) is 4.88. The summed E-state index contributed by atoms with van der Waals surface area (Å²) in [7, 11) is 1.58. The van der Waals surface area contributed by atoms with Gasteiger partial charge < -0.3 is 15.4 Å². The molecule has 0 bridgehead atoms. The number of likely N-dealkylation sites (N-methyl/N-ethyl adjacent to an activating group) is 1. The van der Waals surface area contributed by atoms with Crippen molar-refractivity contribution in [3.63, 3.8) is 0 Å². The van der Waals surface area contributed by atoms with Crippen molar-refractivity contribution in [2.45, 2.75) is 20.3 Å². The molecule has 2 aromatic carbocycles. The molecule has 0 aliphatic heterocycles. The van der Waals surface area contributed by atoms with Gasteiger partial charge in [-0.1, -0.05) is 32.0 Å². The fourth-order valence-corrected chi connectivity index (χ4v) is 2.61. The van der Waals surface area contributed by atoms with Gasteiger partial charge in [0.2, 0.25) is 11.8 Å². The van der Waals surface area contributed by atoms with Crippen molar-refractivity contribution < 1.29 is 14.3 Å². The van der Waals surface area contributed by atoms with Gasteiger partial charge in [-0.15, -0.1) is 0 Å². The van der Waals surface area contributed by atoms with Crippen LogP contribution in [0.2, 0.25) is 0 Å². The number of carbonyl (C=O) groups is 2. The minimum atomic E-state index is -0.176. The zero-order valence-electron chi connectivity index (χ0n) is 16.1. The van der Waals surface area contributed by atoms with E-state index in [9.17, 15) is 9.59 Å². The molecule has 0 unspecified atom stereocenters. The summed E-state index contributed by atoms with van der Waals surface area (Å²) >= 11 is 0. The Labute approximate surface area is 160 Å². The van der Waals surface area contributed by atoms with E-state index in [-0.39, 0.29) is 24.9 Å². The Bertz CT molecular complexity index is 760. The Morgan fingerprint density at radius 3 is 2.11 bits per heavy atom. The third-order valence-electron chi connectivity index (χ3n) is 4.18. The molecule has 0 aliphatic rings. The van der Waals surface area contributed by atoms with Crippen LogP contribution in [-0.2, 0) is 16.0 Å². The molecule has 6 nitrogen and oxygen atoms in total. The van der Waals surface area contributed by atoms with Gasteiger partial charge in [0, 0.05) is 17.4 Å². The molecule has 2 aromatic rings. The summed E-state index contributed by atoms with van der Waals surface area (Å²) in [5.74, 6) is 0.356. The van der Waals surface area contributed by atoms with Crippen LogP contribution in [0.3, 0.4) is 0 Å². The standard InChI is InChI=1S/C21H27N3O3/c1-4-16-9-11-17(12-10-16)22-20(25)14-24(5-2)15-21(26)23-18-7-6-8-19(13-18)27-3/h6-13H,4-5,14-15H2,1-3H3,(H,22,25)(H,23,26). The van der Waals surface area contributed by atoms with Crippen molar-refractivity contribution in [3.8, 4) is 5.75 Å². The zero-order valence-corrected chi connectivity index (χ0v) is 16.1. The molecular formula is C21H27N3O3. The normalized spacial score (nSPS) is 10.5. The number of hydrogen-bond acceptors (Lipinski definition) is 4. The van der Waals surface area contributed by atoms with E-state index in [1.165, 1.54) is 5.56 Å². The number of rotatable bonds is 9. The van der Waals surface area contributed by atoms with Gasteiger partial charge in [0.25, 0.3) is 0 Å². The van der Waals surface area contributed by atoms with Crippen molar-refractivity contribution in [2.24, 2.45) is 0 Å². The highest BCUT2D eigenvalue weighted by Crippen LogP contribution is 2.16. The van der Waals surface area contributed by atoms with Crippen LogP contribution >= 0.6 is 0 Å². The predicted octanol–water partition coefficient (Wildman–Crippen LogP) is 3.16. The maximum atomic E-state index is 12.3. The van der Waals surface area contributed by atoms with Crippen LogP contribution in [-0.4, -0.2) is 43.5 Å². The third kappa shape index (κ3) is 6.75. The number of nitrogens with one attached hydrogen (secondary N) is 2. The second-order valence-corrected chi connectivity index (χ2v) is 6.18. The van der Waals surface area contributed by atoms with Gasteiger partial charge in [-0.3, -0.25) is 14.5 Å². The van der Waals surface area contributed by atoms with Gasteiger partial charge in [0.15, 0.2) is 0 Å². The van der Waals surface area contributed by atoms with Gasteiger partial charge in [-0.2, -0.15) is 0 Å². The number of amides is 2. The smallest absolute Gasteiger partial charge is 0.238 e. The quantitative estimate of drug-likeness (QED) is 0.712. The molecule has 0 fully saturated rings. The van der Waals surface area contributed by atoms with E-state index in [2.05, 4.69) is 17.6 Å². The van der Waals surface area contributed by atoms with Crippen molar-refractivity contribution in [3.05, 3.63) is 54.1 Å². The topological polar surface area (TPSA) is 70.7 Å². The van der Waals surface area contributed by atoms with Crippen LogP contribution in [0.15, 0.2) is 48.5 Å². The molecule has 0 aliphatic carbocycles. The number of nitrogens with zero attached hydrogens (tertiary/aromatic N) is 1. The van der Waals surface area contributed by atoms with Crippen LogP contribution in [0.25, 0.3) is 0 Å². The number of hydrogen-bond donors (Lipinski definition) is 2. The van der Waals surface area contributed by atoms with Gasteiger partial charge in [-0.25, -0.2) is 0 Å². The molecule has 2 N–H and O–H groups in total. The maximum Gasteiger partial charge on any atom is 0.238 e. The van der Waals surface area contributed by atoms with E-state index in [0.717, 1.165) is 12.1 Å². The molecule has 144 valence electrons. The molecular weight excluding hydrogens is 342 g/mol. The Hall–Kier alpha value is -2.86. The predicted molar refractivity (Wildman–Crippen MR) is 108 cm³/mol. The van der Waals surface area contributed by atoms with Gasteiger partial charge in [-0.05, 0) is 42.8 Å². The van der Waals surface area contributed by atoms with Crippen LogP contribution < -0.4 is 15.4 Å². The molecule has 0 saturated heterocycles. The molecule has 0 heterocycles. The second-order valence-electron chi connectivity index (χ2n) is 6.18. The summed E-state index contributed by atoms with van der Waals surface area (Å²) in [4.78, 5) is 26.3. The third-order valence-corrected chi connectivity index (χ3v) is 4.18. The van der Waals surface area contributed by atoms with Crippen molar-refractivity contribution in [2.75, 3.05) is 37.4 Å². The molecule has 27 heavy (non-hydrogen) atoms. The molecule has 0 atom stereocenters. The Kier molecular flexibility index (Phi) is 7.82. The molecule has 0 radical (unpaired) electrons. The number of ether oxygens (including phenoxy) is 1. The highest BCUT2D eigenvalue weighted by atomic mass is 16.5. The Morgan fingerprint density at radius 2 is 1.56 bits per heavy atom. The minimum absolute atomic E-state index is 0.135. The van der Waals surface area contributed by atoms with Gasteiger partial charge in [0.05, 0.1) is 20.2 Å². The molecule has 2 amide bonds. The second kappa shape index (κ2) is 10.3. The number of aryl methyl sites for hydroxylation is 1. The summed E-state index contributed by atoms with van der Waals surface area (Å²) in [5, 5.41) is 5.69. The van der Waals surface area contributed by atoms with E-state index in [1.807, 2.05) is 43.3 Å². The van der Waals surface area contributed by atoms with Crippen molar-refractivity contribution in [1.29, 1.82) is 0 Å². The van der Waals surface area contributed by atoms with Crippen LogP contribution in [0, 0.1) is 0 Å². The Balaban J connectivity index is 1.85. The lowest BCUT2D eigenvalue weighted by atomic mass is 10.1. The first kappa shape index (κ1) is 20.5. The van der Waals surface area contributed by atoms with Gasteiger partial charge in [0.1, 0.15) is 5.75 Å². The fraction of sp³-hybridized carbons (Fsp3) is 0.333. The van der Waals surface area contributed by atoms with Crippen LogP contribution in [0.1, 0.15) is 19.4 Å². The lowest BCUT2D eigenvalue weighted by Crippen LogP contribution is -2.38. The number of benzene rings is 2. The van der Waals surface area contributed by atoms with Crippen molar-refractivity contribution in [1.82, 2.24) is 4.90 Å². The minimum Gasteiger partial charge on any atom is -0.497 e. The van der Waals surface area contributed by atoms with Crippen LogP contribution in [0.4, 0.5) is 11.4 Å². The lowest BCUT2D eigenvalue weighted by molar-refractivity contribution is -0.119. The lowest BCUT2D eigenvalue weighted by Gasteiger charge is -2.19. The average molecular weight is 369 g/mol. The van der Waals surface area contributed by atoms with E-state index < -0.39 is 0 Å². The summed E-state index contributed by atoms with van der Waals surface area (Å²) in [6, 6.07) is 14.9. The highest BCUT2D eigenvalue weighted by molar-refractivity contribution is 5.94. The molecule has 0 spiro atoms. The van der Waals surface area contributed by atoms with E-state index in [0.29, 0.717) is 18.0 Å². The van der Waals surface area contributed by atoms with E-state index in [4.69, 9.17) is 4.74 Å². The Morgan fingerprint density at radius 1 is 0.926 bits per heavy atom. The summed E-state index contributed by atoms with van der Waals surface area (Å²) < 4.78 is 5.15. The van der Waals surface area contributed by atoms with E-state index >= 15 is 0 Å². The van der Waals surface area contributed by atoms with Gasteiger partial charge >= 0.3 is 0 Å². The number of methoxy groups -OCH3 is 1. The highest BCUT2D eigenvalue weighted by Gasteiger charge is 2.13. The number of anilines is 2. The molecule has 2 rings (SSSR count). The molecule has 0 saturated carbocycles. The summed E-state index contributed by atoms with van der Waals surface area (Å²) in [6.07, 6.45) is 0.959. The SMILES string of the molecule is CCc1ccc(NC(=O)CN(CC)CC(=O)Nc2cccc(OC)c2)cc1. The monoisotopic (exact) mass is 369 g/mol. The van der Waals surface area contributed by atoms with Crippen LogP contribution in [0.5, 0.6) is 5.75 Å². The molecule has 0 aromatic heterocycles. The zero-order chi connectivity index (χ0) is 19.6. The summed E-state index contributed by atoms with van der Waals surface area (Å²) in [5.41, 5.74) is 2.64. The largest absolute Gasteiger partial charge is 0.497 e. The van der Waals surface area contributed by atoms with Crippen molar-refractivity contribution >= 4 is 23.2 Å². The first-order valence-electron chi connectivity index (χ1n) is 9.09. The van der Waals surface area contributed by atoms with E-state index in [1.54, 1.807) is 24.1 Å². The maximum absolute atomic E-state index is 12.3. The first-order chi connectivity index (χ1) is 13.0. The molecule has 6 heteroatoms. The number of carbonyl (C=O) groups excluding carboxylic acids is 2. The average Bonchev–Trinajstić information content (AvgIpc) is 2.68. The fourth-order valence-electron chi connectivity index (χ4n) is 2.61.